The molecule has 3 aromatic rings. The summed E-state index contributed by atoms with van der Waals surface area (Å²) in [6.07, 6.45) is 5.76. The van der Waals surface area contributed by atoms with Crippen LogP contribution in [0.2, 0.25) is 0 Å². The Balaban J connectivity index is 1.44. The zero-order chi connectivity index (χ0) is 22.0. The van der Waals surface area contributed by atoms with Crippen molar-refractivity contribution in [2.45, 2.75) is 50.8 Å². The van der Waals surface area contributed by atoms with Crippen LogP contribution in [0.15, 0.2) is 52.0 Å². The van der Waals surface area contributed by atoms with Crippen LogP contribution in [0.5, 0.6) is 0 Å². The minimum atomic E-state index is -3.50. The number of fused-ring (bicyclic) bond motifs is 1. The van der Waals surface area contributed by atoms with Gasteiger partial charge in [-0.2, -0.15) is 4.31 Å². The number of rotatable bonds is 5. The Bertz CT molecular complexity index is 1190. The molecule has 1 amide bonds. The molecule has 1 saturated heterocycles. The highest BCUT2D eigenvalue weighted by Crippen LogP contribution is 2.27. The Kier molecular flexibility index (Phi) is 6.16. The SMILES string of the molecule is Cc1ccc2c(CC(=O)Nc3ccc(S(=O)(=O)N4CCCCCC4)cc3)coc2c1C. The van der Waals surface area contributed by atoms with Gasteiger partial charge in [-0.3, -0.25) is 4.79 Å². The molecule has 6 nitrogen and oxygen atoms in total. The molecule has 0 radical (unpaired) electrons. The summed E-state index contributed by atoms with van der Waals surface area (Å²) in [5.41, 5.74) is 4.43. The van der Waals surface area contributed by atoms with E-state index in [0.717, 1.165) is 53.3 Å². The maximum atomic E-state index is 12.9. The van der Waals surface area contributed by atoms with Crippen LogP contribution in [0.3, 0.4) is 0 Å². The molecule has 1 fully saturated rings. The number of carbonyl (C=O) groups excluding carboxylic acids is 1. The van der Waals surface area contributed by atoms with Crippen molar-refractivity contribution >= 4 is 32.6 Å². The second-order valence-electron chi connectivity index (χ2n) is 8.21. The molecule has 2 aromatic carbocycles. The van der Waals surface area contributed by atoms with Crippen molar-refractivity contribution < 1.29 is 17.6 Å². The van der Waals surface area contributed by atoms with E-state index in [1.165, 1.54) is 0 Å². The van der Waals surface area contributed by atoms with E-state index in [-0.39, 0.29) is 17.2 Å². The Labute approximate surface area is 183 Å². The number of sulfonamides is 1. The Morgan fingerprint density at radius 1 is 1.00 bits per heavy atom. The molecule has 31 heavy (non-hydrogen) atoms. The zero-order valence-electron chi connectivity index (χ0n) is 18.0. The first-order valence-corrected chi connectivity index (χ1v) is 12.2. The van der Waals surface area contributed by atoms with Crippen LogP contribution in [-0.4, -0.2) is 31.7 Å². The fraction of sp³-hybridized carbons (Fsp3) is 0.375. The molecule has 1 aromatic heterocycles. The van der Waals surface area contributed by atoms with E-state index >= 15 is 0 Å². The molecule has 1 aliphatic heterocycles. The average molecular weight is 441 g/mol. The molecule has 0 bridgehead atoms. The number of nitrogens with one attached hydrogen (secondary N) is 1. The smallest absolute Gasteiger partial charge is 0.243 e. The van der Waals surface area contributed by atoms with Gasteiger partial charge in [-0.05, 0) is 62.1 Å². The highest BCUT2D eigenvalue weighted by atomic mass is 32.2. The number of hydrogen-bond acceptors (Lipinski definition) is 4. The molecular weight excluding hydrogens is 412 g/mol. The minimum absolute atomic E-state index is 0.177. The predicted molar refractivity (Wildman–Crippen MR) is 122 cm³/mol. The molecule has 0 saturated carbocycles. The van der Waals surface area contributed by atoms with Crippen molar-refractivity contribution in [3.63, 3.8) is 0 Å². The number of amides is 1. The van der Waals surface area contributed by atoms with E-state index in [0.29, 0.717) is 18.8 Å². The van der Waals surface area contributed by atoms with Crippen LogP contribution in [0.4, 0.5) is 5.69 Å². The quantitative estimate of drug-likeness (QED) is 0.618. The van der Waals surface area contributed by atoms with Gasteiger partial charge in [-0.15, -0.1) is 0 Å². The molecule has 0 atom stereocenters. The molecule has 164 valence electrons. The summed E-state index contributed by atoms with van der Waals surface area (Å²) >= 11 is 0. The number of carbonyl (C=O) groups is 1. The second-order valence-corrected chi connectivity index (χ2v) is 10.2. The van der Waals surface area contributed by atoms with Crippen molar-refractivity contribution in [3.05, 3.63) is 59.4 Å². The average Bonchev–Trinajstić information content (AvgIpc) is 2.96. The number of anilines is 1. The maximum absolute atomic E-state index is 12.9. The summed E-state index contributed by atoms with van der Waals surface area (Å²) < 4.78 is 33.0. The number of hydrogen-bond donors (Lipinski definition) is 1. The Hall–Kier alpha value is -2.64. The summed E-state index contributed by atoms with van der Waals surface area (Å²) in [5.74, 6) is -0.177. The van der Waals surface area contributed by atoms with Gasteiger partial charge in [0.25, 0.3) is 0 Å². The van der Waals surface area contributed by atoms with Crippen molar-refractivity contribution in [1.82, 2.24) is 4.31 Å². The van der Waals surface area contributed by atoms with Crippen LogP contribution in [0, 0.1) is 13.8 Å². The number of aryl methyl sites for hydroxylation is 2. The molecule has 0 spiro atoms. The van der Waals surface area contributed by atoms with Gasteiger partial charge in [0, 0.05) is 29.7 Å². The van der Waals surface area contributed by atoms with Crippen molar-refractivity contribution in [2.24, 2.45) is 0 Å². The highest BCUT2D eigenvalue weighted by Gasteiger charge is 2.25. The first-order valence-electron chi connectivity index (χ1n) is 10.7. The monoisotopic (exact) mass is 440 g/mol. The van der Waals surface area contributed by atoms with Gasteiger partial charge in [-0.1, -0.05) is 25.0 Å². The first kappa shape index (κ1) is 21.6. The second kappa shape index (κ2) is 8.85. The van der Waals surface area contributed by atoms with E-state index in [4.69, 9.17) is 4.42 Å². The van der Waals surface area contributed by atoms with Crippen molar-refractivity contribution in [3.8, 4) is 0 Å². The standard InChI is InChI=1S/C24H28N2O4S/c1-17-7-12-22-19(16-30-24(22)18(17)2)15-23(27)25-20-8-10-21(11-9-20)31(28,29)26-13-5-3-4-6-14-26/h7-12,16H,3-6,13-15H2,1-2H3,(H,25,27). The van der Waals surface area contributed by atoms with Gasteiger partial charge in [-0.25, -0.2) is 8.42 Å². The highest BCUT2D eigenvalue weighted by molar-refractivity contribution is 7.89. The van der Waals surface area contributed by atoms with E-state index in [2.05, 4.69) is 5.32 Å². The van der Waals surface area contributed by atoms with Crippen molar-refractivity contribution in [1.29, 1.82) is 0 Å². The lowest BCUT2D eigenvalue weighted by atomic mass is 10.0. The number of benzene rings is 2. The third-order valence-electron chi connectivity index (χ3n) is 6.03. The lowest BCUT2D eigenvalue weighted by molar-refractivity contribution is -0.115. The fourth-order valence-electron chi connectivity index (χ4n) is 4.04. The predicted octanol–water partition coefficient (Wildman–Crippen LogP) is 4.80. The summed E-state index contributed by atoms with van der Waals surface area (Å²) in [5, 5.41) is 3.79. The molecule has 0 aliphatic carbocycles. The van der Waals surface area contributed by atoms with Crippen LogP contribution in [-0.2, 0) is 21.2 Å². The van der Waals surface area contributed by atoms with Crippen LogP contribution in [0.1, 0.15) is 42.4 Å². The van der Waals surface area contributed by atoms with Crippen molar-refractivity contribution in [2.75, 3.05) is 18.4 Å². The van der Waals surface area contributed by atoms with Gasteiger partial charge in [0.15, 0.2) is 0 Å². The molecule has 7 heteroatoms. The van der Waals surface area contributed by atoms with E-state index < -0.39 is 10.0 Å². The molecule has 1 N–H and O–H groups in total. The number of furan rings is 1. The molecule has 1 aliphatic rings. The number of nitrogens with zero attached hydrogens (tertiary/aromatic N) is 1. The van der Waals surface area contributed by atoms with Gasteiger partial charge in [0.1, 0.15) is 5.58 Å². The normalized spacial score (nSPS) is 15.7. The van der Waals surface area contributed by atoms with Gasteiger partial charge in [0.2, 0.25) is 15.9 Å². The molecular formula is C24H28N2O4S. The van der Waals surface area contributed by atoms with E-state index in [1.807, 2.05) is 26.0 Å². The summed E-state index contributed by atoms with van der Waals surface area (Å²) in [7, 11) is -3.50. The summed E-state index contributed by atoms with van der Waals surface area (Å²) in [6, 6.07) is 10.4. The topological polar surface area (TPSA) is 79.6 Å². The summed E-state index contributed by atoms with van der Waals surface area (Å²) in [4.78, 5) is 12.8. The minimum Gasteiger partial charge on any atom is -0.464 e. The maximum Gasteiger partial charge on any atom is 0.243 e. The molecule has 2 heterocycles. The Morgan fingerprint density at radius 2 is 1.68 bits per heavy atom. The van der Waals surface area contributed by atoms with E-state index in [1.54, 1.807) is 34.8 Å². The molecule has 0 unspecified atom stereocenters. The van der Waals surface area contributed by atoms with Gasteiger partial charge < -0.3 is 9.73 Å². The first-order chi connectivity index (χ1) is 14.9. The van der Waals surface area contributed by atoms with Crippen LogP contribution in [0.25, 0.3) is 11.0 Å². The third kappa shape index (κ3) is 4.52. The van der Waals surface area contributed by atoms with Gasteiger partial charge in [0.05, 0.1) is 17.6 Å². The summed E-state index contributed by atoms with van der Waals surface area (Å²) in [6.45, 7) is 5.17. The zero-order valence-corrected chi connectivity index (χ0v) is 18.8. The fourth-order valence-corrected chi connectivity index (χ4v) is 5.56. The lowest BCUT2D eigenvalue weighted by Crippen LogP contribution is -2.31. The van der Waals surface area contributed by atoms with Gasteiger partial charge >= 0.3 is 0 Å². The Morgan fingerprint density at radius 3 is 2.35 bits per heavy atom. The van der Waals surface area contributed by atoms with Crippen LogP contribution >= 0.6 is 0 Å². The largest absolute Gasteiger partial charge is 0.464 e. The molecule has 4 rings (SSSR count). The lowest BCUT2D eigenvalue weighted by Gasteiger charge is -2.20. The van der Waals surface area contributed by atoms with Crippen LogP contribution < -0.4 is 5.32 Å². The third-order valence-corrected chi connectivity index (χ3v) is 7.95. The van der Waals surface area contributed by atoms with E-state index in [9.17, 15) is 13.2 Å².